The van der Waals surface area contributed by atoms with Crippen LogP contribution >= 0.6 is 0 Å². The van der Waals surface area contributed by atoms with E-state index in [-0.39, 0.29) is 18.7 Å². The fraction of sp³-hybridized carbons (Fsp3) is 0.727. The summed E-state index contributed by atoms with van der Waals surface area (Å²) in [5.41, 5.74) is 0.635. The van der Waals surface area contributed by atoms with Gasteiger partial charge in [-0.15, -0.1) is 0 Å². The van der Waals surface area contributed by atoms with Crippen molar-refractivity contribution in [2.75, 3.05) is 6.61 Å². The third-order valence-electron chi connectivity index (χ3n) is 2.40. The van der Waals surface area contributed by atoms with Crippen molar-refractivity contribution in [3.63, 3.8) is 0 Å². The third kappa shape index (κ3) is 3.41. The Morgan fingerprint density at radius 1 is 1.60 bits per heavy atom. The summed E-state index contributed by atoms with van der Waals surface area (Å²) in [4.78, 5) is 11.3. The summed E-state index contributed by atoms with van der Waals surface area (Å²) in [6.45, 7) is 5.56. The molecule has 86 valence electrons. The largest absolute Gasteiger partial charge is 0.388 e. The molecular weight excluding hydrogens is 196 g/mol. The highest BCUT2D eigenvalue weighted by atomic mass is 16.7. The normalized spacial score (nSPS) is 32.8. The van der Waals surface area contributed by atoms with Gasteiger partial charge in [-0.2, -0.15) is 0 Å². The van der Waals surface area contributed by atoms with Crippen LogP contribution in [0.1, 0.15) is 27.2 Å². The summed E-state index contributed by atoms with van der Waals surface area (Å²) in [5.74, 6) is 0.0740. The highest BCUT2D eigenvalue weighted by molar-refractivity contribution is 5.94. The minimum Gasteiger partial charge on any atom is -0.388 e. The smallest absolute Gasteiger partial charge is 0.158 e. The molecular formula is C11H18O4. The summed E-state index contributed by atoms with van der Waals surface area (Å²) in [7, 11) is 0. The Kier molecular flexibility index (Phi) is 4.45. The number of hydrogen-bond donors (Lipinski definition) is 1. The molecule has 0 aromatic heterocycles. The monoisotopic (exact) mass is 214 g/mol. The van der Waals surface area contributed by atoms with Gasteiger partial charge in [0.1, 0.15) is 12.2 Å². The lowest BCUT2D eigenvalue weighted by Crippen LogP contribution is -2.41. The van der Waals surface area contributed by atoms with Gasteiger partial charge >= 0.3 is 0 Å². The number of hydrogen-bond acceptors (Lipinski definition) is 4. The van der Waals surface area contributed by atoms with Crippen LogP contribution in [0.15, 0.2) is 11.6 Å². The molecule has 0 spiro atoms. The van der Waals surface area contributed by atoms with E-state index in [1.54, 1.807) is 19.9 Å². The van der Waals surface area contributed by atoms with Crippen LogP contribution in [0.5, 0.6) is 0 Å². The predicted octanol–water partition coefficient (Wildman–Crippen LogP) is 1.03. The molecule has 0 aliphatic carbocycles. The van der Waals surface area contributed by atoms with Gasteiger partial charge in [-0.05, 0) is 25.5 Å². The maximum Gasteiger partial charge on any atom is 0.158 e. The van der Waals surface area contributed by atoms with Crippen molar-refractivity contribution in [3.8, 4) is 0 Å². The standard InChI is InChI=1S/C11H18O4/c1-4-9(12)7(2)5-11-10(13)6-14-8(3)15-11/h5,8,10-11,13H,4,6H2,1-3H3/b7-5+/t8-,10-,11+/m1/s1. The topological polar surface area (TPSA) is 55.8 Å². The number of ketones is 1. The number of carbonyl (C=O) groups excluding carboxylic acids is 1. The van der Waals surface area contributed by atoms with E-state index in [1.807, 2.05) is 6.92 Å². The molecule has 1 aliphatic rings. The average Bonchev–Trinajstić information content (AvgIpc) is 2.22. The van der Waals surface area contributed by atoms with E-state index in [0.717, 1.165) is 0 Å². The second-order valence-corrected chi connectivity index (χ2v) is 3.70. The van der Waals surface area contributed by atoms with Crippen molar-refractivity contribution >= 4 is 5.78 Å². The van der Waals surface area contributed by atoms with Gasteiger partial charge < -0.3 is 14.6 Å². The molecule has 0 amide bonds. The van der Waals surface area contributed by atoms with Gasteiger partial charge in [-0.3, -0.25) is 4.79 Å². The number of aliphatic hydroxyl groups excluding tert-OH is 1. The van der Waals surface area contributed by atoms with Gasteiger partial charge in [0.2, 0.25) is 0 Å². The number of rotatable bonds is 3. The molecule has 1 heterocycles. The first-order valence-corrected chi connectivity index (χ1v) is 5.21. The Morgan fingerprint density at radius 3 is 2.87 bits per heavy atom. The fourth-order valence-electron chi connectivity index (χ4n) is 1.45. The highest BCUT2D eigenvalue weighted by Gasteiger charge is 2.27. The highest BCUT2D eigenvalue weighted by Crippen LogP contribution is 2.16. The molecule has 1 fully saturated rings. The number of allylic oxidation sites excluding steroid dienone is 1. The first kappa shape index (κ1) is 12.4. The summed E-state index contributed by atoms with van der Waals surface area (Å²) in [6.07, 6.45) is 0.677. The van der Waals surface area contributed by atoms with Crippen molar-refractivity contribution in [1.29, 1.82) is 0 Å². The van der Waals surface area contributed by atoms with E-state index in [1.165, 1.54) is 0 Å². The molecule has 3 atom stereocenters. The zero-order valence-corrected chi connectivity index (χ0v) is 9.40. The van der Waals surface area contributed by atoms with Gasteiger partial charge in [-0.1, -0.05) is 6.92 Å². The summed E-state index contributed by atoms with van der Waals surface area (Å²) in [6, 6.07) is 0. The first-order chi connectivity index (χ1) is 7.04. The second-order valence-electron chi connectivity index (χ2n) is 3.70. The van der Waals surface area contributed by atoms with Crippen molar-refractivity contribution in [3.05, 3.63) is 11.6 Å². The van der Waals surface area contributed by atoms with E-state index < -0.39 is 12.2 Å². The molecule has 15 heavy (non-hydrogen) atoms. The molecule has 1 saturated heterocycles. The van der Waals surface area contributed by atoms with Crippen molar-refractivity contribution in [2.45, 2.75) is 45.7 Å². The van der Waals surface area contributed by atoms with Crippen LogP contribution < -0.4 is 0 Å². The van der Waals surface area contributed by atoms with Gasteiger partial charge in [-0.25, -0.2) is 0 Å². The SMILES string of the molecule is CCC(=O)/C(C)=C/[C@@H]1O[C@H](C)OC[C@H]1O. The Balaban J connectivity index is 2.65. The predicted molar refractivity (Wildman–Crippen MR) is 55.3 cm³/mol. The van der Waals surface area contributed by atoms with E-state index in [2.05, 4.69) is 0 Å². The van der Waals surface area contributed by atoms with Crippen molar-refractivity contribution in [2.24, 2.45) is 0 Å². The van der Waals surface area contributed by atoms with Crippen LogP contribution in [0.25, 0.3) is 0 Å². The third-order valence-corrected chi connectivity index (χ3v) is 2.40. The van der Waals surface area contributed by atoms with E-state index >= 15 is 0 Å². The van der Waals surface area contributed by atoms with Gasteiger partial charge in [0.25, 0.3) is 0 Å². The molecule has 4 nitrogen and oxygen atoms in total. The minimum atomic E-state index is -0.694. The second kappa shape index (κ2) is 5.39. The van der Waals surface area contributed by atoms with Crippen LogP contribution in [0.3, 0.4) is 0 Å². The van der Waals surface area contributed by atoms with Crippen LogP contribution in [0.4, 0.5) is 0 Å². The zero-order valence-electron chi connectivity index (χ0n) is 9.40. The molecule has 1 aliphatic heterocycles. The average molecular weight is 214 g/mol. The Labute approximate surface area is 89.9 Å². The van der Waals surface area contributed by atoms with Crippen molar-refractivity contribution < 1.29 is 19.4 Å². The van der Waals surface area contributed by atoms with Gasteiger partial charge in [0.15, 0.2) is 12.1 Å². The number of ether oxygens (including phenoxy) is 2. The molecule has 0 saturated carbocycles. The minimum absolute atomic E-state index is 0.0740. The Hall–Kier alpha value is -0.710. The quantitative estimate of drug-likeness (QED) is 0.713. The molecule has 0 aromatic carbocycles. The lowest BCUT2D eigenvalue weighted by molar-refractivity contribution is -0.230. The number of Topliss-reactive ketones (excluding diaryl/α,β-unsaturated/α-hetero) is 1. The summed E-state index contributed by atoms with van der Waals surface area (Å²) < 4.78 is 10.5. The molecule has 0 bridgehead atoms. The zero-order chi connectivity index (χ0) is 11.4. The number of aliphatic hydroxyl groups is 1. The maximum absolute atomic E-state index is 11.3. The van der Waals surface area contributed by atoms with Crippen molar-refractivity contribution in [1.82, 2.24) is 0 Å². The Bertz CT molecular complexity index is 259. The van der Waals surface area contributed by atoms with E-state index in [9.17, 15) is 9.90 Å². The molecule has 0 aromatic rings. The van der Waals surface area contributed by atoms with Crippen LogP contribution in [0, 0.1) is 0 Å². The molecule has 1 N–H and O–H groups in total. The van der Waals surface area contributed by atoms with E-state index in [4.69, 9.17) is 9.47 Å². The van der Waals surface area contributed by atoms with Crippen LogP contribution in [0.2, 0.25) is 0 Å². The maximum atomic E-state index is 11.3. The molecule has 4 heteroatoms. The summed E-state index contributed by atoms with van der Waals surface area (Å²) >= 11 is 0. The fourth-order valence-corrected chi connectivity index (χ4v) is 1.45. The van der Waals surface area contributed by atoms with E-state index in [0.29, 0.717) is 12.0 Å². The summed E-state index contributed by atoms with van der Waals surface area (Å²) in [5, 5.41) is 9.58. The molecule has 1 rings (SSSR count). The molecule has 0 radical (unpaired) electrons. The van der Waals surface area contributed by atoms with Gasteiger partial charge in [0.05, 0.1) is 6.61 Å². The lowest BCUT2D eigenvalue weighted by atomic mass is 10.1. The lowest BCUT2D eigenvalue weighted by Gasteiger charge is -2.30. The Morgan fingerprint density at radius 2 is 2.27 bits per heavy atom. The van der Waals surface area contributed by atoms with Crippen LogP contribution in [-0.4, -0.2) is 36.0 Å². The first-order valence-electron chi connectivity index (χ1n) is 5.21. The van der Waals surface area contributed by atoms with Gasteiger partial charge in [0, 0.05) is 6.42 Å². The number of carbonyl (C=O) groups is 1. The molecule has 0 unspecified atom stereocenters. The van der Waals surface area contributed by atoms with Crippen LogP contribution in [-0.2, 0) is 14.3 Å².